The Bertz CT molecular complexity index is 694. The Morgan fingerprint density at radius 2 is 1.81 bits per heavy atom. The number of ketones is 1. The van der Waals surface area contributed by atoms with Gasteiger partial charge in [0.05, 0.1) is 11.3 Å². The first-order valence-corrected chi connectivity index (χ1v) is 10.1. The topological polar surface area (TPSA) is 78.7 Å². The standard InChI is InChI=1S/C20H32N4O3/c1-14-20(16(3)26)15(2)24(21-14)9-6-19(27)23-11-17(18(12-23)13-25)10-22-7-4-5-8-22/h17-18,25H,4-13H2,1-3H3/t17-,18-/m1/s1. The number of aliphatic hydroxyl groups is 1. The molecule has 2 saturated heterocycles. The minimum absolute atomic E-state index is 0.0117. The predicted molar refractivity (Wildman–Crippen MR) is 103 cm³/mol. The summed E-state index contributed by atoms with van der Waals surface area (Å²) < 4.78 is 1.77. The molecule has 0 aliphatic carbocycles. The second-order valence-corrected chi connectivity index (χ2v) is 8.08. The summed E-state index contributed by atoms with van der Waals surface area (Å²) in [6, 6.07) is 0. The fourth-order valence-electron chi connectivity index (χ4n) is 4.64. The summed E-state index contributed by atoms with van der Waals surface area (Å²) in [7, 11) is 0. The first-order valence-electron chi connectivity index (χ1n) is 10.1. The smallest absolute Gasteiger partial charge is 0.224 e. The SMILES string of the molecule is CC(=O)c1c(C)nn(CCC(=O)N2C[C@@H](CN3CCCC3)[C@@H](CO)C2)c1C. The number of Topliss-reactive ketones (excluding diaryl/α,β-unsaturated/α-hetero) is 1. The maximum absolute atomic E-state index is 12.7. The normalized spacial score (nSPS) is 23.3. The van der Waals surface area contributed by atoms with Crippen molar-refractivity contribution in [3.05, 3.63) is 17.0 Å². The van der Waals surface area contributed by atoms with Gasteiger partial charge in [0.1, 0.15) is 0 Å². The van der Waals surface area contributed by atoms with Crippen LogP contribution in [-0.2, 0) is 11.3 Å². The van der Waals surface area contributed by atoms with Crippen molar-refractivity contribution < 1.29 is 14.7 Å². The first kappa shape index (κ1) is 20.0. The molecule has 3 heterocycles. The third-order valence-corrected chi connectivity index (χ3v) is 6.13. The molecular formula is C20H32N4O3. The monoisotopic (exact) mass is 376 g/mol. The molecule has 150 valence electrons. The van der Waals surface area contributed by atoms with E-state index in [2.05, 4.69) is 10.00 Å². The van der Waals surface area contributed by atoms with Crippen LogP contribution in [0.25, 0.3) is 0 Å². The van der Waals surface area contributed by atoms with Crippen LogP contribution in [0.15, 0.2) is 0 Å². The largest absolute Gasteiger partial charge is 0.396 e. The Kier molecular flexibility index (Phi) is 6.32. The highest BCUT2D eigenvalue weighted by molar-refractivity contribution is 5.96. The lowest BCUT2D eigenvalue weighted by molar-refractivity contribution is -0.130. The van der Waals surface area contributed by atoms with Crippen molar-refractivity contribution in [2.24, 2.45) is 11.8 Å². The van der Waals surface area contributed by atoms with Gasteiger partial charge in [-0.05, 0) is 52.6 Å². The minimum Gasteiger partial charge on any atom is -0.396 e. The number of likely N-dealkylation sites (tertiary alicyclic amines) is 2. The van der Waals surface area contributed by atoms with E-state index in [0.717, 1.165) is 37.6 Å². The third kappa shape index (κ3) is 4.41. The predicted octanol–water partition coefficient (Wildman–Crippen LogP) is 1.26. The zero-order chi connectivity index (χ0) is 19.6. The highest BCUT2D eigenvalue weighted by Gasteiger charge is 2.35. The molecule has 7 nitrogen and oxygen atoms in total. The molecule has 0 aromatic carbocycles. The van der Waals surface area contributed by atoms with Gasteiger partial charge in [-0.2, -0.15) is 5.10 Å². The number of nitrogens with zero attached hydrogens (tertiary/aromatic N) is 4. The van der Waals surface area contributed by atoms with Crippen LogP contribution in [0.4, 0.5) is 0 Å². The lowest BCUT2D eigenvalue weighted by atomic mass is 9.96. The van der Waals surface area contributed by atoms with Gasteiger partial charge in [0.15, 0.2) is 5.78 Å². The summed E-state index contributed by atoms with van der Waals surface area (Å²) in [5.41, 5.74) is 2.21. The zero-order valence-corrected chi connectivity index (χ0v) is 16.8. The average molecular weight is 377 g/mol. The van der Waals surface area contributed by atoms with Crippen LogP contribution >= 0.6 is 0 Å². The Morgan fingerprint density at radius 3 is 2.41 bits per heavy atom. The van der Waals surface area contributed by atoms with E-state index in [1.807, 2.05) is 18.7 Å². The summed E-state index contributed by atoms with van der Waals surface area (Å²) >= 11 is 0. The van der Waals surface area contributed by atoms with Crippen LogP contribution < -0.4 is 0 Å². The molecule has 0 bridgehead atoms. The van der Waals surface area contributed by atoms with Crippen molar-refractivity contribution in [2.75, 3.05) is 39.3 Å². The fraction of sp³-hybridized carbons (Fsp3) is 0.750. The number of carbonyl (C=O) groups excluding carboxylic acids is 2. The van der Waals surface area contributed by atoms with Crippen molar-refractivity contribution in [1.82, 2.24) is 19.6 Å². The fourth-order valence-corrected chi connectivity index (χ4v) is 4.64. The number of aliphatic hydroxyl groups excluding tert-OH is 1. The van der Waals surface area contributed by atoms with E-state index in [9.17, 15) is 14.7 Å². The Hall–Kier alpha value is -1.73. The molecule has 2 atom stereocenters. The quantitative estimate of drug-likeness (QED) is 0.725. The van der Waals surface area contributed by atoms with Gasteiger partial charge in [0, 0.05) is 50.8 Å². The highest BCUT2D eigenvalue weighted by atomic mass is 16.3. The summed E-state index contributed by atoms with van der Waals surface area (Å²) in [5.74, 6) is 0.648. The van der Waals surface area contributed by atoms with E-state index in [4.69, 9.17) is 0 Å². The van der Waals surface area contributed by atoms with Gasteiger partial charge in [-0.25, -0.2) is 0 Å². The van der Waals surface area contributed by atoms with Crippen LogP contribution in [0.3, 0.4) is 0 Å². The van der Waals surface area contributed by atoms with E-state index in [0.29, 0.717) is 31.0 Å². The van der Waals surface area contributed by atoms with Gasteiger partial charge in [-0.15, -0.1) is 0 Å². The van der Waals surface area contributed by atoms with E-state index in [1.165, 1.54) is 12.8 Å². The molecule has 3 rings (SSSR count). The van der Waals surface area contributed by atoms with Crippen LogP contribution in [0.1, 0.15) is 47.9 Å². The molecule has 27 heavy (non-hydrogen) atoms. The molecule has 1 amide bonds. The lowest BCUT2D eigenvalue weighted by Crippen LogP contribution is -2.33. The number of aromatic nitrogens is 2. The summed E-state index contributed by atoms with van der Waals surface area (Å²) in [6.45, 7) is 10.5. The first-order chi connectivity index (χ1) is 12.9. The molecule has 2 aliphatic rings. The van der Waals surface area contributed by atoms with Gasteiger partial charge in [0.25, 0.3) is 0 Å². The number of rotatable bonds is 7. The number of amides is 1. The van der Waals surface area contributed by atoms with Crippen LogP contribution in [0, 0.1) is 25.7 Å². The summed E-state index contributed by atoms with van der Waals surface area (Å²) in [6.07, 6.45) is 2.88. The Balaban J connectivity index is 1.56. The van der Waals surface area contributed by atoms with Crippen molar-refractivity contribution in [1.29, 1.82) is 0 Å². The summed E-state index contributed by atoms with van der Waals surface area (Å²) in [4.78, 5) is 28.8. The van der Waals surface area contributed by atoms with Gasteiger partial charge in [0.2, 0.25) is 5.91 Å². The van der Waals surface area contributed by atoms with E-state index in [-0.39, 0.29) is 24.2 Å². The number of hydrogen-bond donors (Lipinski definition) is 1. The van der Waals surface area contributed by atoms with Gasteiger partial charge >= 0.3 is 0 Å². The molecule has 0 saturated carbocycles. The molecule has 0 unspecified atom stereocenters. The molecule has 7 heteroatoms. The van der Waals surface area contributed by atoms with E-state index < -0.39 is 0 Å². The van der Waals surface area contributed by atoms with Crippen molar-refractivity contribution in [2.45, 2.75) is 46.6 Å². The molecular weight excluding hydrogens is 344 g/mol. The highest BCUT2D eigenvalue weighted by Crippen LogP contribution is 2.26. The maximum Gasteiger partial charge on any atom is 0.224 e. The van der Waals surface area contributed by atoms with Crippen LogP contribution in [0.5, 0.6) is 0 Å². The average Bonchev–Trinajstić information content (AvgIpc) is 3.33. The van der Waals surface area contributed by atoms with Crippen molar-refractivity contribution >= 4 is 11.7 Å². The molecule has 0 spiro atoms. The lowest BCUT2D eigenvalue weighted by Gasteiger charge is -2.22. The zero-order valence-electron chi connectivity index (χ0n) is 16.8. The number of hydrogen-bond acceptors (Lipinski definition) is 5. The van der Waals surface area contributed by atoms with E-state index >= 15 is 0 Å². The Morgan fingerprint density at radius 1 is 1.15 bits per heavy atom. The number of aryl methyl sites for hydroxylation is 2. The van der Waals surface area contributed by atoms with Crippen LogP contribution in [0.2, 0.25) is 0 Å². The van der Waals surface area contributed by atoms with Crippen LogP contribution in [-0.4, -0.2) is 75.7 Å². The Labute approximate surface area is 161 Å². The second-order valence-electron chi connectivity index (χ2n) is 8.08. The molecule has 1 aromatic rings. The molecule has 2 aliphatic heterocycles. The summed E-state index contributed by atoms with van der Waals surface area (Å²) in [5, 5.41) is 14.2. The third-order valence-electron chi connectivity index (χ3n) is 6.13. The molecule has 2 fully saturated rings. The maximum atomic E-state index is 12.7. The number of carbonyl (C=O) groups is 2. The van der Waals surface area contributed by atoms with Crippen molar-refractivity contribution in [3.8, 4) is 0 Å². The van der Waals surface area contributed by atoms with Gasteiger partial charge in [-0.1, -0.05) is 0 Å². The molecule has 1 aromatic heterocycles. The second kappa shape index (κ2) is 8.52. The van der Waals surface area contributed by atoms with E-state index in [1.54, 1.807) is 11.6 Å². The molecule has 1 N–H and O–H groups in total. The molecule has 0 radical (unpaired) electrons. The van der Waals surface area contributed by atoms with Gasteiger partial charge < -0.3 is 14.9 Å². The van der Waals surface area contributed by atoms with Crippen molar-refractivity contribution in [3.63, 3.8) is 0 Å². The van der Waals surface area contributed by atoms with Gasteiger partial charge in [-0.3, -0.25) is 14.3 Å². The minimum atomic E-state index is 0.0117.